The number of hydrogen-bond donors (Lipinski definition) is 0. The highest BCUT2D eigenvalue weighted by Crippen LogP contribution is 2.61. The summed E-state index contributed by atoms with van der Waals surface area (Å²) in [6.45, 7) is 57.3. The highest BCUT2D eigenvalue weighted by atomic mass is 14.4. The van der Waals surface area contributed by atoms with Crippen molar-refractivity contribution in [1.29, 1.82) is 0 Å². The van der Waals surface area contributed by atoms with Gasteiger partial charge in [-0.25, -0.2) is 0 Å². The van der Waals surface area contributed by atoms with Crippen LogP contribution in [0.15, 0.2) is 231 Å². The molecule has 19 rings (SSSR count). The maximum Gasteiger partial charge on any atom is -0.000717 e. The lowest BCUT2D eigenvalue weighted by Crippen LogP contribution is -2.16. The van der Waals surface area contributed by atoms with Crippen molar-refractivity contribution in [3.05, 3.63) is 275 Å². The molecule has 0 saturated heterocycles. The molecule has 0 saturated carbocycles. The number of rotatable bonds is 6. The van der Waals surface area contributed by atoms with Gasteiger partial charge in [-0.3, -0.25) is 0 Å². The van der Waals surface area contributed by atoms with E-state index in [9.17, 15) is 0 Å². The molecule has 0 unspecified atom stereocenters. The van der Waals surface area contributed by atoms with Gasteiger partial charge in [0.15, 0.2) is 0 Å². The summed E-state index contributed by atoms with van der Waals surface area (Å²) >= 11 is 0. The van der Waals surface area contributed by atoms with Gasteiger partial charge in [0.2, 0.25) is 0 Å². The predicted octanol–water partition coefficient (Wildman–Crippen LogP) is 33.7. The van der Waals surface area contributed by atoms with Crippen molar-refractivity contribution in [2.24, 2.45) is 0 Å². The molecule has 0 atom stereocenters. The van der Waals surface area contributed by atoms with Gasteiger partial charge in [0.25, 0.3) is 0 Å². The Morgan fingerprint density at radius 3 is 0.518 bits per heavy atom. The molecule has 0 spiro atoms. The highest BCUT2D eigenvalue weighted by Gasteiger charge is 2.36. The zero-order valence-electron chi connectivity index (χ0n) is 71.9. The van der Waals surface area contributed by atoms with E-state index in [1.807, 2.05) is 0 Å². The van der Waals surface area contributed by atoms with Gasteiger partial charge in [0.1, 0.15) is 0 Å². The van der Waals surface area contributed by atoms with Crippen LogP contribution >= 0.6 is 0 Å². The third-order valence-corrected chi connectivity index (χ3v) is 26.4. The highest BCUT2D eigenvalue weighted by molar-refractivity contribution is 6.49. The van der Waals surface area contributed by atoms with Crippen molar-refractivity contribution in [2.45, 2.75) is 209 Å². The maximum atomic E-state index is 2.56. The molecule has 0 heterocycles. The summed E-state index contributed by atoms with van der Waals surface area (Å²) in [5.41, 5.74) is 25.5. The number of hydrogen-bond acceptors (Lipinski definition) is 0. The summed E-state index contributed by atoms with van der Waals surface area (Å²) in [6.07, 6.45) is 0. The summed E-state index contributed by atoms with van der Waals surface area (Å²) < 4.78 is 0. The largest absolute Gasteiger partial charge is 0.0610 e. The molecule has 0 aromatic heterocycles. The van der Waals surface area contributed by atoms with Crippen molar-refractivity contribution in [3.63, 3.8) is 0 Å². The SMILES string of the molecule is CC(C)(C)c1cc(-c2c3c4cccc5cccc(c3c(-c3cc(C(C)(C)C)cc(C(C)(C)C)c3)c3c6ccc(-c7ccc(-c8ccc9c%10c(-c%11cc(C(C)(C)C)cc(C(C)(C)C)c%11)c%11c%12cccc%13cccc(c%11c(-c%11cc(C(C)(C)C)cc(C(C)(C)C)c%11)c%10c%10cccc8c%109)c%13%12)cc7)c7cccc(c23)c76)c54)cc(C(C)(C)C)c1. The molecule has 0 bridgehead atoms. The molecule has 0 nitrogen and oxygen atoms in total. The smallest absolute Gasteiger partial charge is 0.000717 e. The van der Waals surface area contributed by atoms with Gasteiger partial charge >= 0.3 is 0 Å². The molecule has 566 valence electrons. The van der Waals surface area contributed by atoms with Gasteiger partial charge in [-0.2, -0.15) is 0 Å². The lowest BCUT2D eigenvalue weighted by atomic mass is 9.76. The van der Waals surface area contributed by atoms with E-state index >= 15 is 0 Å². The van der Waals surface area contributed by atoms with Crippen LogP contribution in [0.4, 0.5) is 0 Å². The molecule has 114 heavy (non-hydrogen) atoms. The van der Waals surface area contributed by atoms with Crippen molar-refractivity contribution in [3.8, 4) is 66.8 Å². The van der Waals surface area contributed by atoms with Gasteiger partial charge in [0.05, 0.1) is 0 Å². The number of fused-ring (bicyclic) bond motifs is 12. The molecule has 19 aromatic rings. The van der Waals surface area contributed by atoms with Crippen molar-refractivity contribution in [2.75, 3.05) is 0 Å². The van der Waals surface area contributed by atoms with Gasteiger partial charge in [-0.05, 0) is 284 Å². The summed E-state index contributed by atoms with van der Waals surface area (Å²) in [6, 6.07) is 92.8. The van der Waals surface area contributed by atoms with Gasteiger partial charge in [0, 0.05) is 0 Å². The molecule has 0 aliphatic carbocycles. The fourth-order valence-corrected chi connectivity index (χ4v) is 19.9. The fraction of sp³-hybridized carbons (Fsp3) is 0.281. The average molecular weight is 1480 g/mol. The minimum absolute atomic E-state index is 0.0961. The van der Waals surface area contributed by atoms with E-state index in [1.165, 1.54) is 241 Å². The summed E-state index contributed by atoms with van der Waals surface area (Å²) in [5, 5.41) is 31.7. The molecule has 19 aromatic carbocycles. The Morgan fingerprint density at radius 2 is 0.316 bits per heavy atom. The van der Waals surface area contributed by atoms with Gasteiger partial charge in [-0.1, -0.05) is 397 Å². The van der Waals surface area contributed by atoms with E-state index in [4.69, 9.17) is 0 Å². The van der Waals surface area contributed by atoms with Crippen LogP contribution < -0.4 is 0 Å². The van der Waals surface area contributed by atoms with Gasteiger partial charge in [-0.15, -0.1) is 0 Å². The number of benzene rings is 15. The molecule has 0 aliphatic heterocycles. The van der Waals surface area contributed by atoms with E-state index in [2.05, 4.69) is 397 Å². The average Bonchev–Trinajstić information content (AvgIpc) is 1.52. The molecular formula is C114H110. The molecule has 0 amide bonds. The molecule has 0 N–H and O–H groups in total. The van der Waals surface area contributed by atoms with Crippen LogP contribution in [-0.2, 0) is 43.3 Å². The molecule has 0 radical (unpaired) electrons. The molecule has 0 heteroatoms. The summed E-state index contributed by atoms with van der Waals surface area (Å²) in [4.78, 5) is 0. The molecular weight excluding hydrogens is 1370 g/mol. The zero-order chi connectivity index (χ0) is 80.3. The lowest BCUT2D eigenvalue weighted by molar-refractivity contribution is 0.568. The Balaban J connectivity index is 0.883. The maximum absolute atomic E-state index is 2.56. The topological polar surface area (TPSA) is 0 Å². The Hall–Kier alpha value is -10.7. The second kappa shape index (κ2) is 24.4. The molecule has 0 fully saturated rings. The zero-order valence-corrected chi connectivity index (χ0v) is 71.9. The van der Waals surface area contributed by atoms with E-state index in [0.29, 0.717) is 0 Å². The minimum Gasteiger partial charge on any atom is -0.0610 e. The Morgan fingerprint density at radius 1 is 0.140 bits per heavy atom. The second-order valence-electron chi connectivity index (χ2n) is 42.5. The van der Waals surface area contributed by atoms with Crippen LogP contribution in [0.2, 0.25) is 0 Å². The first-order chi connectivity index (χ1) is 53.6. The van der Waals surface area contributed by atoms with Crippen LogP contribution in [0.1, 0.15) is 211 Å². The van der Waals surface area contributed by atoms with Crippen LogP contribution in [0.5, 0.6) is 0 Å². The van der Waals surface area contributed by atoms with Crippen molar-refractivity contribution in [1.82, 2.24) is 0 Å². The van der Waals surface area contributed by atoms with Crippen molar-refractivity contribution >= 4 is 129 Å². The lowest BCUT2D eigenvalue weighted by Gasteiger charge is -2.28. The Labute approximate surface area is 676 Å². The second-order valence-corrected chi connectivity index (χ2v) is 42.5. The van der Waals surface area contributed by atoms with E-state index in [0.717, 1.165) is 0 Å². The predicted molar refractivity (Wildman–Crippen MR) is 503 cm³/mol. The van der Waals surface area contributed by atoms with Crippen LogP contribution in [-0.4, -0.2) is 0 Å². The first kappa shape index (κ1) is 73.5. The van der Waals surface area contributed by atoms with Crippen LogP contribution in [0.25, 0.3) is 196 Å². The van der Waals surface area contributed by atoms with E-state index in [1.54, 1.807) is 0 Å². The third kappa shape index (κ3) is 11.2. The fourth-order valence-electron chi connectivity index (χ4n) is 19.9. The minimum atomic E-state index is -0.0961. The van der Waals surface area contributed by atoms with Crippen molar-refractivity contribution < 1.29 is 0 Å². The van der Waals surface area contributed by atoms with Crippen LogP contribution in [0.3, 0.4) is 0 Å². The Kier molecular flexibility index (Phi) is 15.8. The standard InChI is InChI=1S/C114H110/c1-107(2,3)71-51-67(52-72(59-71)108(4,5)6)93-99-83-37-25-31-65-33-27-39-85(91(65)83)101(99)95(69-55-75(111(13,14)15)61-76(56-69)112(16,17)18)105-89-49-47-79(81-35-29-41-87(97(81)89)103(93)105)63-43-45-64(46-44-63)80-48-50-90-98-82(80)36-30-42-88(98)104-94(68-53-73(109(7,8)9)60-74(54-68)110(10,11)12)100-84-38-26-32-66-34-28-40-86(92(66)84)102(100)96(106(90)104)70-57-77(113(19,20)21)62-78(58-70)114(22,23)24/h25-62H,1-24H3. The van der Waals surface area contributed by atoms with E-state index < -0.39 is 0 Å². The Bertz CT molecular complexity index is 6330. The molecule has 0 aliphatic rings. The third-order valence-electron chi connectivity index (χ3n) is 26.4. The first-order valence-corrected chi connectivity index (χ1v) is 42.0. The summed E-state index contributed by atoms with van der Waals surface area (Å²) in [5.74, 6) is 0. The summed E-state index contributed by atoms with van der Waals surface area (Å²) in [7, 11) is 0. The normalized spacial score (nSPS) is 13.6. The van der Waals surface area contributed by atoms with E-state index in [-0.39, 0.29) is 43.3 Å². The van der Waals surface area contributed by atoms with Gasteiger partial charge < -0.3 is 0 Å². The van der Waals surface area contributed by atoms with Crippen LogP contribution in [0, 0.1) is 0 Å². The first-order valence-electron chi connectivity index (χ1n) is 42.0. The monoisotopic (exact) mass is 1480 g/mol. The quantitative estimate of drug-likeness (QED) is 0.156.